The van der Waals surface area contributed by atoms with Crippen molar-refractivity contribution in [1.29, 1.82) is 0 Å². The zero-order valence-electron chi connectivity index (χ0n) is 12.1. The maximum Gasteiger partial charge on any atom is 0.0189 e. The molecule has 0 saturated heterocycles. The lowest BCUT2D eigenvalue weighted by molar-refractivity contribution is 0.199. The minimum absolute atomic E-state index is 0.626. The van der Waals surface area contributed by atoms with Crippen molar-refractivity contribution in [2.45, 2.75) is 33.2 Å². The number of rotatable bonds is 9. The summed E-state index contributed by atoms with van der Waals surface area (Å²) in [5.74, 6) is 0.747. The minimum Gasteiger partial charge on any atom is -0.316 e. The van der Waals surface area contributed by atoms with Crippen molar-refractivity contribution in [3.8, 4) is 0 Å². The van der Waals surface area contributed by atoms with Crippen LogP contribution < -0.4 is 5.32 Å². The highest BCUT2D eigenvalue weighted by Gasteiger charge is 2.12. The van der Waals surface area contributed by atoms with Crippen molar-refractivity contribution in [2.24, 2.45) is 5.92 Å². The second-order valence-electron chi connectivity index (χ2n) is 5.35. The molecule has 98 valence electrons. The molecule has 0 spiro atoms. The van der Waals surface area contributed by atoms with Gasteiger partial charge in [-0.3, -0.25) is 0 Å². The van der Waals surface area contributed by atoms with Gasteiger partial charge >= 0.3 is 0 Å². The monoisotopic (exact) mass is 229 g/mol. The van der Waals surface area contributed by atoms with E-state index < -0.39 is 0 Å². The second kappa shape index (κ2) is 8.97. The molecule has 0 radical (unpaired) electrons. The molecule has 0 amide bonds. The van der Waals surface area contributed by atoms with Gasteiger partial charge in [-0.2, -0.15) is 0 Å². The molecular weight excluding hydrogens is 198 g/mol. The smallest absolute Gasteiger partial charge is 0.0189 e. The van der Waals surface area contributed by atoms with Gasteiger partial charge in [-0.15, -0.1) is 0 Å². The summed E-state index contributed by atoms with van der Waals surface area (Å²) < 4.78 is 0. The topological polar surface area (TPSA) is 18.5 Å². The first kappa shape index (κ1) is 15.9. The summed E-state index contributed by atoms with van der Waals surface area (Å²) in [6.45, 7) is 11.5. The summed E-state index contributed by atoms with van der Waals surface area (Å²) in [4.78, 5) is 4.84. The van der Waals surface area contributed by atoms with Crippen LogP contribution in [0.15, 0.2) is 0 Å². The molecule has 3 heteroatoms. The number of hydrogen-bond donors (Lipinski definition) is 1. The van der Waals surface area contributed by atoms with Crippen LogP contribution in [0.4, 0.5) is 0 Å². The Hall–Kier alpha value is -0.120. The number of nitrogens with one attached hydrogen (secondary N) is 1. The van der Waals surface area contributed by atoms with Crippen LogP contribution in [0.25, 0.3) is 0 Å². The summed E-state index contributed by atoms with van der Waals surface area (Å²) in [6.07, 6.45) is 1.20. The predicted molar refractivity (Wildman–Crippen MR) is 73.0 cm³/mol. The molecule has 0 aliphatic heterocycles. The summed E-state index contributed by atoms with van der Waals surface area (Å²) >= 11 is 0. The normalized spacial score (nSPS) is 14.1. The molecule has 0 aromatic heterocycles. The van der Waals surface area contributed by atoms with E-state index in [1.54, 1.807) is 0 Å². The van der Waals surface area contributed by atoms with Crippen LogP contribution in [0.2, 0.25) is 0 Å². The molecular formula is C13H31N3. The second-order valence-corrected chi connectivity index (χ2v) is 5.35. The first-order valence-electron chi connectivity index (χ1n) is 6.53. The Morgan fingerprint density at radius 2 is 1.69 bits per heavy atom. The van der Waals surface area contributed by atoms with Crippen molar-refractivity contribution in [1.82, 2.24) is 15.1 Å². The molecule has 16 heavy (non-hydrogen) atoms. The van der Waals surface area contributed by atoms with Crippen LogP contribution in [0.5, 0.6) is 0 Å². The Morgan fingerprint density at radius 3 is 2.06 bits per heavy atom. The number of nitrogens with zero attached hydrogens (tertiary/aromatic N) is 2. The Kier molecular flexibility index (Phi) is 8.90. The molecule has 0 aliphatic rings. The van der Waals surface area contributed by atoms with Crippen molar-refractivity contribution in [2.75, 3.05) is 47.3 Å². The third kappa shape index (κ3) is 8.08. The van der Waals surface area contributed by atoms with Crippen molar-refractivity contribution in [3.05, 3.63) is 0 Å². The third-order valence-corrected chi connectivity index (χ3v) is 2.87. The average molecular weight is 229 g/mol. The first-order chi connectivity index (χ1) is 7.49. The SMILES string of the molecule is CCC(CN(CCN(C)C)CC(C)C)NC. The zero-order valence-corrected chi connectivity index (χ0v) is 12.1. The van der Waals surface area contributed by atoms with Gasteiger partial charge in [-0.25, -0.2) is 0 Å². The van der Waals surface area contributed by atoms with E-state index in [0.717, 1.165) is 12.5 Å². The quantitative estimate of drug-likeness (QED) is 0.646. The highest BCUT2D eigenvalue weighted by Crippen LogP contribution is 2.02. The third-order valence-electron chi connectivity index (χ3n) is 2.87. The van der Waals surface area contributed by atoms with E-state index in [2.05, 4.69) is 57.0 Å². The lowest BCUT2D eigenvalue weighted by Gasteiger charge is -2.29. The van der Waals surface area contributed by atoms with E-state index in [0.29, 0.717) is 6.04 Å². The fourth-order valence-corrected chi connectivity index (χ4v) is 1.85. The molecule has 0 heterocycles. The van der Waals surface area contributed by atoms with E-state index in [1.807, 2.05) is 0 Å². The Labute approximate surface area is 102 Å². The Morgan fingerprint density at radius 1 is 1.06 bits per heavy atom. The van der Waals surface area contributed by atoms with Gasteiger partial charge in [-0.05, 0) is 33.5 Å². The molecule has 3 nitrogen and oxygen atoms in total. The van der Waals surface area contributed by atoms with Gasteiger partial charge in [0.15, 0.2) is 0 Å². The van der Waals surface area contributed by atoms with Crippen LogP contribution in [0.1, 0.15) is 27.2 Å². The van der Waals surface area contributed by atoms with Gasteiger partial charge in [0.05, 0.1) is 0 Å². The van der Waals surface area contributed by atoms with Crippen LogP contribution >= 0.6 is 0 Å². The molecule has 0 aliphatic carbocycles. The minimum atomic E-state index is 0.626. The fourth-order valence-electron chi connectivity index (χ4n) is 1.85. The van der Waals surface area contributed by atoms with Crippen molar-refractivity contribution >= 4 is 0 Å². The standard InChI is InChI=1S/C13H31N3/c1-7-13(14-4)11-16(10-12(2)3)9-8-15(5)6/h12-14H,7-11H2,1-6H3. The number of hydrogen-bond acceptors (Lipinski definition) is 3. The largest absolute Gasteiger partial charge is 0.316 e. The first-order valence-corrected chi connectivity index (χ1v) is 6.53. The summed E-state index contributed by atoms with van der Waals surface area (Å²) in [5.41, 5.74) is 0. The van der Waals surface area contributed by atoms with Crippen LogP contribution in [-0.2, 0) is 0 Å². The summed E-state index contributed by atoms with van der Waals surface area (Å²) in [5, 5.41) is 3.39. The number of likely N-dealkylation sites (N-methyl/N-ethyl adjacent to an activating group) is 2. The van der Waals surface area contributed by atoms with Crippen molar-refractivity contribution in [3.63, 3.8) is 0 Å². The van der Waals surface area contributed by atoms with Crippen LogP contribution in [-0.4, -0.2) is 63.2 Å². The molecule has 0 bridgehead atoms. The van der Waals surface area contributed by atoms with Crippen LogP contribution in [0, 0.1) is 5.92 Å². The van der Waals surface area contributed by atoms with Gasteiger partial charge in [-0.1, -0.05) is 20.8 Å². The zero-order chi connectivity index (χ0) is 12.6. The maximum atomic E-state index is 3.39. The molecule has 1 N–H and O–H groups in total. The Bertz CT molecular complexity index is 153. The van der Waals surface area contributed by atoms with Gasteiger partial charge < -0.3 is 15.1 Å². The highest BCUT2D eigenvalue weighted by atomic mass is 15.2. The molecule has 0 rings (SSSR count). The molecule has 0 aromatic rings. The van der Waals surface area contributed by atoms with E-state index >= 15 is 0 Å². The fraction of sp³-hybridized carbons (Fsp3) is 1.00. The van der Waals surface area contributed by atoms with E-state index in [9.17, 15) is 0 Å². The summed E-state index contributed by atoms with van der Waals surface area (Å²) in [7, 11) is 6.35. The van der Waals surface area contributed by atoms with E-state index in [1.165, 1.54) is 26.1 Å². The lowest BCUT2D eigenvalue weighted by atomic mass is 10.1. The van der Waals surface area contributed by atoms with Crippen molar-refractivity contribution < 1.29 is 0 Å². The molecule has 0 aromatic carbocycles. The maximum absolute atomic E-state index is 3.39. The molecule has 0 saturated carbocycles. The highest BCUT2D eigenvalue weighted by molar-refractivity contribution is 4.71. The van der Waals surface area contributed by atoms with E-state index in [4.69, 9.17) is 0 Å². The van der Waals surface area contributed by atoms with Gasteiger partial charge in [0.1, 0.15) is 0 Å². The van der Waals surface area contributed by atoms with Gasteiger partial charge in [0.25, 0.3) is 0 Å². The van der Waals surface area contributed by atoms with Gasteiger partial charge in [0, 0.05) is 32.2 Å². The lowest BCUT2D eigenvalue weighted by Crippen LogP contribution is -2.43. The van der Waals surface area contributed by atoms with Crippen LogP contribution in [0.3, 0.4) is 0 Å². The molecule has 1 unspecified atom stereocenters. The average Bonchev–Trinajstić information content (AvgIpc) is 2.21. The Balaban J connectivity index is 4.07. The van der Waals surface area contributed by atoms with E-state index in [-0.39, 0.29) is 0 Å². The molecule has 1 atom stereocenters. The summed E-state index contributed by atoms with van der Waals surface area (Å²) in [6, 6.07) is 0.626. The molecule has 0 fully saturated rings. The van der Waals surface area contributed by atoms with Gasteiger partial charge in [0.2, 0.25) is 0 Å². The predicted octanol–water partition coefficient (Wildman–Crippen LogP) is 1.50.